The first-order valence-electron chi connectivity index (χ1n) is 13.5. The Morgan fingerprint density at radius 1 is 0.452 bits per heavy atom. The second kappa shape index (κ2) is 12.3. The van der Waals surface area contributed by atoms with E-state index >= 15 is 0 Å². The molecule has 6 aromatic rings. The molecule has 204 valence electrons. The van der Waals surface area contributed by atoms with Crippen molar-refractivity contribution in [2.24, 2.45) is 10.2 Å². The molecule has 0 radical (unpaired) electrons. The molecule has 6 rings (SSSR count). The fourth-order valence-electron chi connectivity index (χ4n) is 4.83. The van der Waals surface area contributed by atoms with E-state index < -0.39 is 0 Å². The third kappa shape index (κ3) is 5.78. The van der Waals surface area contributed by atoms with Gasteiger partial charge >= 0.3 is 0 Å². The maximum atomic E-state index is 5.60. The number of pyridine rings is 2. The van der Waals surface area contributed by atoms with Crippen molar-refractivity contribution in [1.82, 2.24) is 9.97 Å². The Hall–Kier alpha value is -5.62. The summed E-state index contributed by atoms with van der Waals surface area (Å²) in [6.45, 7) is 0. The van der Waals surface area contributed by atoms with E-state index in [4.69, 9.17) is 9.47 Å². The Morgan fingerprint density at radius 2 is 0.905 bits per heavy atom. The normalized spacial score (nSPS) is 11.0. The van der Waals surface area contributed by atoms with Gasteiger partial charge in [-0.25, -0.2) is 0 Å². The molecule has 6 nitrogen and oxygen atoms in total. The smallest absolute Gasteiger partial charge is 0.128 e. The van der Waals surface area contributed by atoms with Crippen LogP contribution in [0, 0.1) is 0 Å². The standard InChI is InChI=1S/C36H28N4O2/c1-41-35-17-15-27(23-31(35)33-13-3-5-19-37-33)25-9-7-11-29(21-25)39-40-30-12-8-10-26(22-30)28-16-18-36(42-2)32(24-28)34-14-4-6-20-38-34/h3-24H,1-2H3. The van der Waals surface area contributed by atoms with Gasteiger partial charge in [-0.1, -0.05) is 48.5 Å². The molecular weight excluding hydrogens is 520 g/mol. The fraction of sp³-hybridized carbons (Fsp3) is 0.0556. The van der Waals surface area contributed by atoms with Gasteiger partial charge in [-0.15, -0.1) is 0 Å². The first-order valence-corrected chi connectivity index (χ1v) is 13.5. The summed E-state index contributed by atoms with van der Waals surface area (Å²) in [5.41, 5.74) is 9.24. The monoisotopic (exact) mass is 548 g/mol. The lowest BCUT2D eigenvalue weighted by Gasteiger charge is -2.11. The number of benzene rings is 4. The van der Waals surface area contributed by atoms with E-state index in [-0.39, 0.29) is 0 Å². The van der Waals surface area contributed by atoms with Gasteiger partial charge in [0.05, 0.1) is 37.0 Å². The van der Waals surface area contributed by atoms with Crippen molar-refractivity contribution < 1.29 is 9.47 Å². The lowest BCUT2D eigenvalue weighted by atomic mass is 10.00. The van der Waals surface area contributed by atoms with Crippen LogP contribution in [0.3, 0.4) is 0 Å². The van der Waals surface area contributed by atoms with Crippen LogP contribution in [0.4, 0.5) is 11.4 Å². The minimum Gasteiger partial charge on any atom is -0.496 e. The van der Waals surface area contributed by atoms with Crippen molar-refractivity contribution in [3.05, 3.63) is 134 Å². The molecular formula is C36H28N4O2. The van der Waals surface area contributed by atoms with Gasteiger partial charge in [0.15, 0.2) is 0 Å². The Morgan fingerprint density at radius 3 is 1.31 bits per heavy atom. The van der Waals surface area contributed by atoms with Crippen molar-refractivity contribution in [3.8, 4) is 56.3 Å². The van der Waals surface area contributed by atoms with E-state index in [1.54, 1.807) is 26.6 Å². The molecule has 0 spiro atoms. The van der Waals surface area contributed by atoms with Crippen LogP contribution in [0.5, 0.6) is 11.5 Å². The van der Waals surface area contributed by atoms with Crippen LogP contribution in [-0.4, -0.2) is 24.2 Å². The molecule has 0 saturated heterocycles. The van der Waals surface area contributed by atoms with Crippen molar-refractivity contribution in [2.75, 3.05) is 14.2 Å². The Labute approximate surface area is 245 Å². The summed E-state index contributed by atoms with van der Waals surface area (Å²) < 4.78 is 11.2. The zero-order valence-electron chi connectivity index (χ0n) is 23.3. The molecule has 0 aliphatic carbocycles. The van der Waals surface area contributed by atoms with Crippen LogP contribution in [0.25, 0.3) is 44.8 Å². The fourth-order valence-corrected chi connectivity index (χ4v) is 4.83. The molecule has 0 saturated carbocycles. The molecule has 0 bridgehead atoms. The summed E-state index contributed by atoms with van der Waals surface area (Å²) in [5.74, 6) is 1.55. The number of hydrogen-bond donors (Lipinski definition) is 0. The molecule has 4 aromatic carbocycles. The highest BCUT2D eigenvalue weighted by Gasteiger charge is 2.11. The van der Waals surface area contributed by atoms with Crippen LogP contribution in [0.1, 0.15) is 0 Å². The highest BCUT2D eigenvalue weighted by Crippen LogP contribution is 2.36. The van der Waals surface area contributed by atoms with Crippen molar-refractivity contribution in [2.45, 2.75) is 0 Å². The molecule has 0 unspecified atom stereocenters. The number of methoxy groups -OCH3 is 2. The number of aromatic nitrogens is 2. The zero-order valence-corrected chi connectivity index (χ0v) is 23.3. The number of hydrogen-bond acceptors (Lipinski definition) is 6. The van der Waals surface area contributed by atoms with Crippen molar-refractivity contribution in [1.29, 1.82) is 0 Å². The van der Waals surface area contributed by atoms with Crippen molar-refractivity contribution >= 4 is 11.4 Å². The third-order valence-electron chi connectivity index (χ3n) is 6.92. The molecule has 0 fully saturated rings. The van der Waals surface area contributed by atoms with Crippen LogP contribution >= 0.6 is 0 Å². The average molecular weight is 549 g/mol. The molecule has 6 heteroatoms. The van der Waals surface area contributed by atoms with Gasteiger partial charge in [0.25, 0.3) is 0 Å². The largest absolute Gasteiger partial charge is 0.496 e. The van der Waals surface area contributed by atoms with Crippen molar-refractivity contribution in [3.63, 3.8) is 0 Å². The number of rotatable bonds is 8. The first-order chi connectivity index (χ1) is 20.7. The molecule has 0 aliphatic heterocycles. The van der Waals surface area contributed by atoms with E-state index in [1.807, 2.05) is 97.1 Å². The molecule has 0 aliphatic rings. The average Bonchev–Trinajstić information content (AvgIpc) is 3.08. The summed E-state index contributed by atoms with van der Waals surface area (Å²) in [6.07, 6.45) is 3.57. The second-order valence-corrected chi connectivity index (χ2v) is 9.56. The predicted molar refractivity (Wildman–Crippen MR) is 167 cm³/mol. The van der Waals surface area contributed by atoms with Crippen LogP contribution in [0.15, 0.2) is 144 Å². The summed E-state index contributed by atoms with van der Waals surface area (Å²) in [6, 6.07) is 40.0. The molecule has 0 atom stereocenters. The van der Waals surface area contributed by atoms with Gasteiger partial charge < -0.3 is 9.47 Å². The third-order valence-corrected chi connectivity index (χ3v) is 6.92. The Kier molecular flexibility index (Phi) is 7.77. The maximum Gasteiger partial charge on any atom is 0.128 e. The molecule has 0 N–H and O–H groups in total. The Balaban J connectivity index is 1.27. The van der Waals surface area contributed by atoms with Gasteiger partial charge in [-0.05, 0) is 95.1 Å². The van der Waals surface area contributed by atoms with Gasteiger partial charge in [0, 0.05) is 23.5 Å². The quantitative estimate of drug-likeness (QED) is 0.178. The predicted octanol–water partition coefficient (Wildman–Crippen LogP) is 9.58. The van der Waals surface area contributed by atoms with Gasteiger partial charge in [0.1, 0.15) is 11.5 Å². The summed E-state index contributed by atoms with van der Waals surface area (Å²) in [4.78, 5) is 9.02. The second-order valence-electron chi connectivity index (χ2n) is 9.56. The Bertz CT molecular complexity index is 1720. The van der Waals surface area contributed by atoms with Gasteiger partial charge in [-0.2, -0.15) is 10.2 Å². The van der Waals surface area contributed by atoms with E-state index in [1.165, 1.54) is 0 Å². The topological polar surface area (TPSA) is 69.0 Å². The SMILES string of the molecule is COc1ccc(-c2cccc(N=Nc3cccc(-c4ccc(OC)c(-c5ccccn5)c4)c3)c2)cc1-c1ccccn1. The molecule has 2 aromatic heterocycles. The van der Waals surface area contributed by atoms with E-state index in [0.29, 0.717) is 0 Å². The maximum absolute atomic E-state index is 5.60. The minimum atomic E-state index is 0.759. The number of ether oxygens (including phenoxy) is 2. The highest BCUT2D eigenvalue weighted by atomic mass is 16.5. The summed E-state index contributed by atoms with van der Waals surface area (Å²) in [5, 5.41) is 9.12. The molecule has 0 amide bonds. The van der Waals surface area contributed by atoms with Crippen LogP contribution in [0.2, 0.25) is 0 Å². The summed E-state index contributed by atoms with van der Waals surface area (Å²) in [7, 11) is 3.34. The first kappa shape index (κ1) is 26.6. The minimum absolute atomic E-state index is 0.759. The van der Waals surface area contributed by atoms with Crippen LogP contribution < -0.4 is 9.47 Å². The zero-order chi connectivity index (χ0) is 28.7. The highest BCUT2D eigenvalue weighted by molar-refractivity contribution is 5.78. The number of nitrogens with zero attached hydrogens (tertiary/aromatic N) is 4. The lowest BCUT2D eigenvalue weighted by Crippen LogP contribution is -1.91. The van der Waals surface area contributed by atoms with Crippen LogP contribution in [-0.2, 0) is 0 Å². The van der Waals surface area contributed by atoms with E-state index in [9.17, 15) is 0 Å². The van der Waals surface area contributed by atoms with Gasteiger partial charge in [-0.3, -0.25) is 9.97 Å². The lowest BCUT2D eigenvalue weighted by molar-refractivity contribution is 0.416. The number of azo groups is 1. The molecule has 42 heavy (non-hydrogen) atoms. The van der Waals surface area contributed by atoms with E-state index in [0.717, 1.165) is 67.6 Å². The van der Waals surface area contributed by atoms with Gasteiger partial charge in [0.2, 0.25) is 0 Å². The van der Waals surface area contributed by atoms with E-state index in [2.05, 4.69) is 44.5 Å². The molecule has 2 heterocycles. The summed E-state index contributed by atoms with van der Waals surface area (Å²) >= 11 is 0.